The van der Waals surface area contributed by atoms with Gasteiger partial charge in [-0.3, -0.25) is 14.4 Å². The summed E-state index contributed by atoms with van der Waals surface area (Å²) in [4.78, 5) is 39.0. The Morgan fingerprint density at radius 3 is 2.32 bits per heavy atom. The minimum atomic E-state index is -4.24. The summed E-state index contributed by atoms with van der Waals surface area (Å²) in [5.74, 6) is -6.82. The molecular formula is C21H19ClF3N5O6S. The van der Waals surface area contributed by atoms with Crippen molar-refractivity contribution in [2.24, 2.45) is 7.05 Å². The van der Waals surface area contributed by atoms with Crippen LogP contribution in [0.15, 0.2) is 29.3 Å². The number of halogens is 4. The molecule has 1 aromatic heterocycles. The van der Waals surface area contributed by atoms with E-state index in [1.807, 2.05) is 0 Å². The van der Waals surface area contributed by atoms with Gasteiger partial charge >= 0.3 is 11.8 Å². The molecule has 198 valence electrons. The smallest absolute Gasteiger partial charge is 0.312 e. The van der Waals surface area contributed by atoms with Gasteiger partial charge in [-0.2, -0.15) is 4.72 Å². The number of aryl methyl sites for hydroxylation is 1. The summed E-state index contributed by atoms with van der Waals surface area (Å²) < 4.78 is 75.2. The van der Waals surface area contributed by atoms with Crippen molar-refractivity contribution in [3.8, 4) is 5.75 Å². The summed E-state index contributed by atoms with van der Waals surface area (Å²) in [6.45, 7) is -2.47. The van der Waals surface area contributed by atoms with E-state index in [0.29, 0.717) is 0 Å². The van der Waals surface area contributed by atoms with Crippen LogP contribution >= 0.6 is 11.6 Å². The highest BCUT2D eigenvalue weighted by Crippen LogP contribution is 2.37. The van der Waals surface area contributed by atoms with E-state index in [1.54, 1.807) is 0 Å². The molecule has 0 aliphatic carbocycles. The number of hydrogen-bond acceptors (Lipinski definition) is 6. The van der Waals surface area contributed by atoms with Crippen molar-refractivity contribution in [1.82, 2.24) is 19.1 Å². The quantitative estimate of drug-likeness (QED) is 0.522. The van der Waals surface area contributed by atoms with Crippen LogP contribution in [-0.2, 0) is 26.7 Å². The van der Waals surface area contributed by atoms with Crippen LogP contribution in [0, 0.1) is 5.82 Å². The van der Waals surface area contributed by atoms with Gasteiger partial charge in [0.25, 0.3) is 11.8 Å². The number of rotatable bonds is 2. The van der Waals surface area contributed by atoms with Crippen LogP contribution in [0.1, 0.15) is 10.5 Å². The van der Waals surface area contributed by atoms with Crippen molar-refractivity contribution < 1.29 is 40.7 Å². The SMILES string of the molecule is Cn1cc2c(c1C(=O)Nc1ccc(F)c(Cl)c1)OCC1(CN(C(=O)C(=O)N3CC(F)(F)C3)C1)NS2(=O)=O. The van der Waals surface area contributed by atoms with Crippen LogP contribution in [0.3, 0.4) is 0 Å². The van der Waals surface area contributed by atoms with Crippen LogP contribution in [-0.4, -0.2) is 84.8 Å². The predicted molar refractivity (Wildman–Crippen MR) is 121 cm³/mol. The Labute approximate surface area is 213 Å². The lowest BCUT2D eigenvalue weighted by Crippen LogP contribution is -2.75. The van der Waals surface area contributed by atoms with E-state index < -0.39 is 58.1 Å². The third kappa shape index (κ3) is 4.40. The van der Waals surface area contributed by atoms with Gasteiger partial charge in [0.1, 0.15) is 22.9 Å². The molecule has 2 saturated heterocycles. The molecule has 1 aromatic carbocycles. The number of ether oxygens (including phenoxy) is 1. The number of fused-ring (bicyclic) bond motifs is 1. The molecule has 3 aliphatic rings. The summed E-state index contributed by atoms with van der Waals surface area (Å²) in [5.41, 5.74) is -1.27. The van der Waals surface area contributed by atoms with E-state index in [9.17, 15) is 36.0 Å². The summed E-state index contributed by atoms with van der Waals surface area (Å²) in [5, 5.41) is 2.28. The van der Waals surface area contributed by atoms with Gasteiger partial charge in [0, 0.05) is 32.0 Å². The molecule has 11 nitrogen and oxygen atoms in total. The van der Waals surface area contributed by atoms with Gasteiger partial charge in [0.05, 0.1) is 18.1 Å². The molecule has 2 fully saturated rings. The van der Waals surface area contributed by atoms with Gasteiger partial charge in [-0.25, -0.2) is 21.6 Å². The molecule has 0 radical (unpaired) electrons. The van der Waals surface area contributed by atoms with Crippen molar-refractivity contribution in [2.75, 3.05) is 38.1 Å². The molecule has 37 heavy (non-hydrogen) atoms. The second-order valence-electron chi connectivity index (χ2n) is 9.22. The highest BCUT2D eigenvalue weighted by Gasteiger charge is 2.55. The lowest BCUT2D eigenvalue weighted by molar-refractivity contribution is -0.176. The largest absolute Gasteiger partial charge is 0.488 e. The van der Waals surface area contributed by atoms with Gasteiger partial charge < -0.3 is 24.4 Å². The molecule has 2 N–H and O–H groups in total. The maximum absolute atomic E-state index is 13.4. The van der Waals surface area contributed by atoms with Crippen LogP contribution in [0.2, 0.25) is 5.02 Å². The standard InChI is InChI=1S/C21H19ClF3N5O6S/c1-28-5-14-16(15(28)17(31)26-11-2-3-13(23)12(22)4-11)36-10-20(27-37(14,34)35)6-29(7-20)18(32)19(33)30-8-21(24,25)9-30/h2-5,27H,6-10H2,1H3,(H,26,31). The maximum atomic E-state index is 13.4. The van der Waals surface area contributed by atoms with E-state index in [1.165, 1.54) is 29.9 Å². The minimum absolute atomic E-state index is 0.140. The first-order valence-electron chi connectivity index (χ1n) is 10.8. The van der Waals surface area contributed by atoms with E-state index in [-0.39, 0.29) is 46.7 Å². The molecular weight excluding hydrogens is 543 g/mol. The molecule has 0 bridgehead atoms. The Kier molecular flexibility index (Phi) is 5.73. The van der Waals surface area contributed by atoms with E-state index in [4.69, 9.17) is 16.3 Å². The van der Waals surface area contributed by atoms with Gasteiger partial charge in [-0.05, 0) is 18.2 Å². The topological polar surface area (TPSA) is 130 Å². The number of anilines is 1. The first-order valence-corrected chi connectivity index (χ1v) is 12.6. The molecule has 3 amide bonds. The molecule has 1 spiro atoms. The molecule has 5 rings (SSSR count). The maximum Gasteiger partial charge on any atom is 0.312 e. The van der Waals surface area contributed by atoms with Crippen molar-refractivity contribution in [2.45, 2.75) is 16.4 Å². The second kappa shape index (κ2) is 8.36. The zero-order chi connectivity index (χ0) is 26.9. The van der Waals surface area contributed by atoms with Crippen LogP contribution in [0.25, 0.3) is 0 Å². The number of sulfonamides is 1. The number of benzene rings is 1. The Morgan fingerprint density at radius 2 is 1.73 bits per heavy atom. The van der Waals surface area contributed by atoms with Crippen molar-refractivity contribution >= 4 is 45.0 Å². The third-order valence-electron chi connectivity index (χ3n) is 6.22. The fourth-order valence-corrected chi connectivity index (χ4v) is 6.17. The molecule has 0 saturated carbocycles. The number of carbonyl (C=O) groups is 3. The first-order chi connectivity index (χ1) is 17.2. The number of carbonyl (C=O) groups excluding carboxylic acids is 3. The lowest BCUT2D eigenvalue weighted by Gasteiger charge is -2.49. The van der Waals surface area contributed by atoms with Crippen LogP contribution < -0.4 is 14.8 Å². The highest BCUT2D eigenvalue weighted by molar-refractivity contribution is 7.89. The summed E-state index contributed by atoms with van der Waals surface area (Å²) in [6.07, 6.45) is 1.18. The molecule has 0 atom stereocenters. The molecule has 0 unspecified atom stereocenters. The average molecular weight is 562 g/mol. The van der Waals surface area contributed by atoms with Crippen molar-refractivity contribution in [3.05, 3.63) is 40.9 Å². The number of nitrogens with one attached hydrogen (secondary N) is 2. The zero-order valence-electron chi connectivity index (χ0n) is 19.1. The van der Waals surface area contributed by atoms with Gasteiger partial charge in [0.2, 0.25) is 10.0 Å². The monoisotopic (exact) mass is 561 g/mol. The van der Waals surface area contributed by atoms with Gasteiger partial charge in [-0.15, -0.1) is 0 Å². The predicted octanol–water partition coefficient (Wildman–Crippen LogP) is 0.799. The summed E-state index contributed by atoms with van der Waals surface area (Å²) in [6, 6.07) is 3.52. The van der Waals surface area contributed by atoms with Crippen LogP contribution in [0.4, 0.5) is 18.9 Å². The Hall–Kier alpha value is -3.30. The van der Waals surface area contributed by atoms with E-state index >= 15 is 0 Å². The zero-order valence-corrected chi connectivity index (χ0v) is 20.6. The number of hydrogen-bond donors (Lipinski definition) is 2. The Balaban J connectivity index is 1.32. The summed E-state index contributed by atoms with van der Waals surface area (Å²) >= 11 is 5.75. The molecule has 2 aromatic rings. The number of aromatic nitrogens is 1. The lowest BCUT2D eigenvalue weighted by atomic mass is 9.91. The van der Waals surface area contributed by atoms with E-state index in [0.717, 1.165) is 15.9 Å². The molecule has 3 aliphatic heterocycles. The first kappa shape index (κ1) is 25.4. The molecule has 4 heterocycles. The Bertz CT molecular complexity index is 1450. The fraction of sp³-hybridized carbons (Fsp3) is 0.381. The fourth-order valence-electron chi connectivity index (χ4n) is 4.42. The number of amides is 3. The van der Waals surface area contributed by atoms with Gasteiger partial charge in [-0.1, -0.05) is 11.6 Å². The van der Waals surface area contributed by atoms with Crippen molar-refractivity contribution in [3.63, 3.8) is 0 Å². The summed E-state index contributed by atoms with van der Waals surface area (Å²) in [7, 11) is -2.81. The van der Waals surface area contributed by atoms with Crippen molar-refractivity contribution in [1.29, 1.82) is 0 Å². The van der Waals surface area contributed by atoms with Crippen LogP contribution in [0.5, 0.6) is 5.75 Å². The second-order valence-corrected chi connectivity index (χ2v) is 11.3. The number of likely N-dealkylation sites (tertiary alicyclic amines) is 2. The minimum Gasteiger partial charge on any atom is -0.488 e. The number of alkyl halides is 2. The normalized spacial score (nSPS) is 20.7. The number of nitrogens with zero attached hydrogens (tertiary/aromatic N) is 3. The third-order valence-corrected chi connectivity index (χ3v) is 8.08. The average Bonchev–Trinajstić information content (AvgIpc) is 3.06. The Morgan fingerprint density at radius 1 is 1.11 bits per heavy atom. The highest BCUT2D eigenvalue weighted by atomic mass is 35.5. The molecule has 16 heteroatoms. The van der Waals surface area contributed by atoms with E-state index in [2.05, 4.69) is 10.0 Å². The van der Waals surface area contributed by atoms with Gasteiger partial charge in [0.15, 0.2) is 11.4 Å².